The highest BCUT2D eigenvalue weighted by molar-refractivity contribution is 6.30. The minimum Gasteiger partial charge on any atom is -0.489 e. The fraction of sp³-hybridized carbons (Fsp3) is 0.400. The highest BCUT2D eigenvalue weighted by Gasteiger charge is 2.12. The summed E-state index contributed by atoms with van der Waals surface area (Å²) in [6.45, 7) is 2.05. The molecule has 0 amide bonds. The van der Waals surface area contributed by atoms with Crippen LogP contribution in [-0.4, -0.2) is 26.8 Å². The monoisotopic (exact) mass is 270 g/mol. The molecule has 0 atom stereocenters. The maximum absolute atomic E-state index is 11.9. The van der Waals surface area contributed by atoms with Crippen LogP contribution in [0.25, 0.3) is 0 Å². The van der Waals surface area contributed by atoms with Crippen molar-refractivity contribution in [2.24, 2.45) is 0 Å². The SMILES string of the molecule is CCc1nc(Cn2cnc(Cl)c(OC)c2=O)no1. The van der Waals surface area contributed by atoms with Crippen molar-refractivity contribution < 1.29 is 9.26 Å². The van der Waals surface area contributed by atoms with Crippen LogP contribution in [0.1, 0.15) is 18.6 Å². The predicted octanol–water partition coefficient (Wildman–Crippen LogP) is 0.899. The van der Waals surface area contributed by atoms with E-state index in [1.165, 1.54) is 18.0 Å². The molecule has 0 aliphatic carbocycles. The molecule has 0 saturated carbocycles. The third-order valence-corrected chi connectivity index (χ3v) is 2.55. The largest absolute Gasteiger partial charge is 0.489 e. The van der Waals surface area contributed by atoms with E-state index in [9.17, 15) is 4.79 Å². The summed E-state index contributed by atoms with van der Waals surface area (Å²) in [6, 6.07) is 0. The first-order valence-electron chi connectivity index (χ1n) is 5.26. The molecule has 2 aromatic rings. The van der Waals surface area contributed by atoms with E-state index in [0.29, 0.717) is 18.1 Å². The van der Waals surface area contributed by atoms with Gasteiger partial charge in [0.2, 0.25) is 11.6 Å². The van der Waals surface area contributed by atoms with Crippen LogP contribution in [0.4, 0.5) is 0 Å². The van der Waals surface area contributed by atoms with Crippen molar-refractivity contribution >= 4 is 11.6 Å². The summed E-state index contributed by atoms with van der Waals surface area (Å²) < 4.78 is 11.1. The first-order chi connectivity index (χ1) is 8.65. The summed E-state index contributed by atoms with van der Waals surface area (Å²) in [7, 11) is 1.36. The molecule has 0 aliphatic heterocycles. The number of methoxy groups -OCH3 is 1. The molecule has 0 bridgehead atoms. The van der Waals surface area contributed by atoms with Crippen LogP contribution >= 0.6 is 11.6 Å². The summed E-state index contributed by atoms with van der Waals surface area (Å²) in [5.74, 6) is 0.922. The minimum atomic E-state index is -0.389. The Balaban J connectivity index is 2.32. The second-order valence-corrected chi connectivity index (χ2v) is 3.82. The highest BCUT2D eigenvalue weighted by atomic mass is 35.5. The normalized spacial score (nSPS) is 10.6. The van der Waals surface area contributed by atoms with Crippen molar-refractivity contribution in [2.45, 2.75) is 19.9 Å². The van der Waals surface area contributed by atoms with Crippen LogP contribution in [0.2, 0.25) is 5.15 Å². The molecule has 0 aromatic carbocycles. The molecule has 0 saturated heterocycles. The predicted molar refractivity (Wildman–Crippen MR) is 62.8 cm³/mol. The molecule has 7 nitrogen and oxygen atoms in total. The van der Waals surface area contributed by atoms with E-state index in [-0.39, 0.29) is 23.0 Å². The van der Waals surface area contributed by atoms with Crippen molar-refractivity contribution in [3.63, 3.8) is 0 Å². The van der Waals surface area contributed by atoms with Gasteiger partial charge in [-0.1, -0.05) is 23.7 Å². The first kappa shape index (κ1) is 12.6. The van der Waals surface area contributed by atoms with Crippen molar-refractivity contribution in [3.8, 4) is 5.75 Å². The maximum Gasteiger partial charge on any atom is 0.297 e. The Hall–Kier alpha value is -1.89. The molecule has 2 rings (SSSR count). The van der Waals surface area contributed by atoms with Crippen molar-refractivity contribution in [1.82, 2.24) is 19.7 Å². The van der Waals surface area contributed by atoms with Gasteiger partial charge in [0.15, 0.2) is 11.0 Å². The Kier molecular flexibility index (Phi) is 3.61. The summed E-state index contributed by atoms with van der Waals surface area (Å²) in [5, 5.41) is 3.78. The van der Waals surface area contributed by atoms with Gasteiger partial charge in [-0.05, 0) is 0 Å². The Labute approximate surface area is 107 Å². The molecule has 0 fully saturated rings. The third kappa shape index (κ3) is 2.35. The lowest BCUT2D eigenvalue weighted by Crippen LogP contribution is -2.23. The maximum atomic E-state index is 11.9. The van der Waals surface area contributed by atoms with Gasteiger partial charge in [-0.2, -0.15) is 4.98 Å². The number of aromatic nitrogens is 4. The van der Waals surface area contributed by atoms with Crippen LogP contribution in [0.3, 0.4) is 0 Å². The lowest BCUT2D eigenvalue weighted by atomic mass is 10.5. The van der Waals surface area contributed by atoms with Crippen molar-refractivity contribution in [1.29, 1.82) is 0 Å². The third-order valence-electron chi connectivity index (χ3n) is 2.28. The molecule has 0 aliphatic rings. The number of halogens is 1. The van der Waals surface area contributed by atoms with Gasteiger partial charge in [0, 0.05) is 6.42 Å². The van der Waals surface area contributed by atoms with Crippen molar-refractivity contribution in [3.05, 3.63) is 33.5 Å². The highest BCUT2D eigenvalue weighted by Crippen LogP contribution is 2.14. The number of nitrogens with zero attached hydrogens (tertiary/aromatic N) is 4. The molecule has 0 unspecified atom stereocenters. The van der Waals surface area contributed by atoms with Crippen LogP contribution in [0, 0.1) is 0 Å². The summed E-state index contributed by atoms with van der Waals surface area (Å²) in [5.41, 5.74) is -0.389. The average molecular weight is 271 g/mol. The molecule has 2 heterocycles. The van der Waals surface area contributed by atoms with E-state index in [0.717, 1.165) is 0 Å². The number of rotatable bonds is 4. The topological polar surface area (TPSA) is 83.0 Å². The Morgan fingerprint density at radius 2 is 2.33 bits per heavy atom. The molecule has 18 heavy (non-hydrogen) atoms. The Morgan fingerprint density at radius 1 is 1.56 bits per heavy atom. The van der Waals surface area contributed by atoms with E-state index in [4.69, 9.17) is 20.9 Å². The van der Waals surface area contributed by atoms with Gasteiger partial charge >= 0.3 is 0 Å². The minimum absolute atomic E-state index is 0.00150. The van der Waals surface area contributed by atoms with Crippen LogP contribution in [0.5, 0.6) is 5.75 Å². The average Bonchev–Trinajstić information content (AvgIpc) is 2.81. The van der Waals surface area contributed by atoms with E-state index < -0.39 is 0 Å². The van der Waals surface area contributed by atoms with Crippen LogP contribution in [-0.2, 0) is 13.0 Å². The molecular weight excluding hydrogens is 260 g/mol. The number of aryl methyl sites for hydroxylation is 1. The van der Waals surface area contributed by atoms with Gasteiger partial charge in [0.25, 0.3) is 5.56 Å². The van der Waals surface area contributed by atoms with Gasteiger partial charge in [0.1, 0.15) is 0 Å². The molecule has 2 aromatic heterocycles. The fourth-order valence-corrected chi connectivity index (χ4v) is 1.59. The van der Waals surface area contributed by atoms with Crippen molar-refractivity contribution in [2.75, 3.05) is 7.11 Å². The zero-order valence-corrected chi connectivity index (χ0v) is 10.6. The van der Waals surface area contributed by atoms with Gasteiger partial charge < -0.3 is 9.26 Å². The second-order valence-electron chi connectivity index (χ2n) is 3.46. The molecule has 0 N–H and O–H groups in total. The number of hydrogen-bond donors (Lipinski definition) is 0. The lowest BCUT2D eigenvalue weighted by molar-refractivity contribution is 0.374. The number of ether oxygens (including phenoxy) is 1. The Bertz CT molecular complexity index is 607. The molecular formula is C10H11ClN4O3. The van der Waals surface area contributed by atoms with Crippen LogP contribution < -0.4 is 10.3 Å². The summed E-state index contributed by atoms with van der Waals surface area (Å²) >= 11 is 5.73. The first-order valence-corrected chi connectivity index (χ1v) is 5.64. The molecule has 0 radical (unpaired) electrons. The molecule has 0 spiro atoms. The zero-order valence-electron chi connectivity index (χ0n) is 9.88. The van der Waals surface area contributed by atoms with Gasteiger partial charge in [-0.15, -0.1) is 0 Å². The fourth-order valence-electron chi connectivity index (χ4n) is 1.38. The summed E-state index contributed by atoms with van der Waals surface area (Å²) in [6.07, 6.45) is 1.96. The van der Waals surface area contributed by atoms with Gasteiger partial charge in [0.05, 0.1) is 20.0 Å². The van der Waals surface area contributed by atoms with E-state index in [1.54, 1.807) is 0 Å². The van der Waals surface area contributed by atoms with Gasteiger partial charge in [-0.3, -0.25) is 9.36 Å². The van der Waals surface area contributed by atoms with E-state index in [2.05, 4.69) is 15.1 Å². The Morgan fingerprint density at radius 3 is 2.94 bits per heavy atom. The standard InChI is InChI=1S/C10H11ClN4O3/c1-3-7-13-6(14-18-7)4-15-5-12-9(11)8(17-2)10(15)16/h5H,3-4H2,1-2H3. The number of hydrogen-bond acceptors (Lipinski definition) is 6. The molecule has 96 valence electrons. The van der Waals surface area contributed by atoms with E-state index in [1.807, 2.05) is 6.92 Å². The quantitative estimate of drug-likeness (QED) is 0.768. The zero-order chi connectivity index (χ0) is 13.1. The smallest absolute Gasteiger partial charge is 0.297 e. The van der Waals surface area contributed by atoms with Gasteiger partial charge in [-0.25, -0.2) is 4.98 Å². The second kappa shape index (κ2) is 5.18. The molecule has 8 heteroatoms. The van der Waals surface area contributed by atoms with Crippen LogP contribution in [0.15, 0.2) is 15.6 Å². The summed E-state index contributed by atoms with van der Waals surface area (Å²) in [4.78, 5) is 19.9. The lowest BCUT2D eigenvalue weighted by Gasteiger charge is -2.05. The van der Waals surface area contributed by atoms with E-state index >= 15 is 0 Å².